The number of unbranched alkanes of at least 4 members (excludes halogenated alkanes) is 2. The highest BCUT2D eigenvalue weighted by Crippen LogP contribution is 2.16. The van der Waals surface area contributed by atoms with Crippen molar-refractivity contribution in [2.24, 2.45) is 0 Å². The molecule has 0 fully saturated rings. The molecule has 0 aliphatic carbocycles. The fourth-order valence-electron chi connectivity index (χ4n) is 1.99. The Kier molecular flexibility index (Phi) is 6.33. The van der Waals surface area contributed by atoms with E-state index in [0.29, 0.717) is 5.56 Å². The molecule has 1 N–H and O–H groups in total. The molecule has 0 amide bonds. The van der Waals surface area contributed by atoms with E-state index in [1.165, 1.54) is 12.8 Å². The highest BCUT2D eigenvalue weighted by atomic mass is 16.4. The lowest BCUT2D eigenvalue weighted by Crippen LogP contribution is -2.20. The summed E-state index contributed by atoms with van der Waals surface area (Å²) in [5.41, 5.74) is 1.19. The Morgan fingerprint density at radius 3 is 2.58 bits per heavy atom. The van der Waals surface area contributed by atoms with Crippen LogP contribution in [0.3, 0.4) is 0 Å². The second kappa shape index (κ2) is 7.77. The van der Waals surface area contributed by atoms with E-state index in [1.54, 1.807) is 12.1 Å². The van der Waals surface area contributed by atoms with E-state index < -0.39 is 5.97 Å². The highest BCUT2D eigenvalue weighted by molar-refractivity contribution is 5.88. The summed E-state index contributed by atoms with van der Waals surface area (Å²) in [5.74, 6) is -0.123. The summed E-state index contributed by atoms with van der Waals surface area (Å²) in [6, 6.07) is 3.34. The summed E-state index contributed by atoms with van der Waals surface area (Å²) in [5, 5.41) is 9.15. The molecule has 0 aliphatic rings. The number of pyridine rings is 1. The van der Waals surface area contributed by atoms with Crippen molar-refractivity contribution in [1.29, 1.82) is 0 Å². The van der Waals surface area contributed by atoms with Gasteiger partial charge in [0, 0.05) is 19.3 Å². The molecule has 0 unspecified atom stereocenters. The number of carboxylic acids is 1. The van der Waals surface area contributed by atoms with Gasteiger partial charge in [0.1, 0.15) is 5.82 Å². The van der Waals surface area contributed by atoms with Crippen molar-refractivity contribution in [3.05, 3.63) is 23.4 Å². The third kappa shape index (κ3) is 4.89. The zero-order chi connectivity index (χ0) is 14.3. The number of aryl methyl sites for hydroxylation is 1. The molecule has 4 heteroatoms. The van der Waals surface area contributed by atoms with E-state index >= 15 is 0 Å². The lowest BCUT2D eigenvalue weighted by atomic mass is 10.1. The van der Waals surface area contributed by atoms with Crippen LogP contribution in [0.2, 0.25) is 0 Å². The summed E-state index contributed by atoms with van der Waals surface area (Å²) in [6.45, 7) is 5.15. The molecule has 1 aromatic heterocycles. The van der Waals surface area contributed by atoms with Crippen LogP contribution in [0, 0.1) is 0 Å². The SMILES string of the molecule is CCCCCN(C)c1cc(C(=O)O)cc(CCC)n1. The quantitative estimate of drug-likeness (QED) is 0.731. The molecule has 1 rings (SSSR count). The maximum Gasteiger partial charge on any atom is 0.335 e. The lowest BCUT2D eigenvalue weighted by molar-refractivity contribution is 0.0696. The Morgan fingerprint density at radius 1 is 1.26 bits per heavy atom. The van der Waals surface area contributed by atoms with Gasteiger partial charge in [0.15, 0.2) is 0 Å². The van der Waals surface area contributed by atoms with Gasteiger partial charge in [-0.05, 0) is 25.0 Å². The molecule has 19 heavy (non-hydrogen) atoms. The molecule has 0 saturated carbocycles. The molecule has 0 saturated heterocycles. The second-order valence-corrected chi connectivity index (χ2v) is 4.89. The van der Waals surface area contributed by atoms with E-state index in [9.17, 15) is 4.79 Å². The Bertz CT molecular complexity index is 419. The molecule has 1 heterocycles. The molecule has 0 radical (unpaired) electrons. The minimum absolute atomic E-state index is 0.329. The highest BCUT2D eigenvalue weighted by Gasteiger charge is 2.10. The molecule has 0 spiro atoms. The molecule has 0 aromatic carbocycles. The first-order valence-electron chi connectivity index (χ1n) is 7.03. The summed E-state index contributed by atoms with van der Waals surface area (Å²) >= 11 is 0. The van der Waals surface area contributed by atoms with Gasteiger partial charge in [0.2, 0.25) is 0 Å². The van der Waals surface area contributed by atoms with Crippen LogP contribution < -0.4 is 4.90 Å². The number of rotatable bonds is 8. The maximum absolute atomic E-state index is 11.1. The monoisotopic (exact) mass is 264 g/mol. The number of hydrogen-bond donors (Lipinski definition) is 1. The number of aromatic carboxylic acids is 1. The predicted octanol–water partition coefficient (Wildman–Crippen LogP) is 3.36. The van der Waals surface area contributed by atoms with Crippen LogP contribution in [0.4, 0.5) is 5.82 Å². The number of nitrogens with zero attached hydrogens (tertiary/aromatic N) is 2. The minimum atomic E-state index is -0.886. The van der Waals surface area contributed by atoms with Crippen molar-refractivity contribution < 1.29 is 9.90 Å². The van der Waals surface area contributed by atoms with Crippen molar-refractivity contribution >= 4 is 11.8 Å². The van der Waals surface area contributed by atoms with Crippen molar-refractivity contribution in [2.45, 2.75) is 46.0 Å². The first kappa shape index (κ1) is 15.5. The molecular formula is C15H24N2O2. The van der Waals surface area contributed by atoms with Gasteiger partial charge in [0.05, 0.1) is 5.56 Å². The van der Waals surface area contributed by atoms with E-state index in [0.717, 1.165) is 37.3 Å². The standard InChI is InChI=1S/C15H24N2O2/c1-4-6-7-9-17(3)14-11-12(15(18)19)10-13(16-14)8-5-2/h10-11H,4-9H2,1-3H3,(H,18,19). The van der Waals surface area contributed by atoms with Crippen molar-refractivity contribution in [3.63, 3.8) is 0 Å². The number of hydrogen-bond acceptors (Lipinski definition) is 3. The van der Waals surface area contributed by atoms with E-state index in [-0.39, 0.29) is 0 Å². The maximum atomic E-state index is 11.1. The van der Waals surface area contributed by atoms with Crippen molar-refractivity contribution in [3.8, 4) is 0 Å². The number of carbonyl (C=O) groups is 1. The number of carboxylic acid groups (broad SMARTS) is 1. The predicted molar refractivity (Wildman–Crippen MR) is 78.0 cm³/mol. The summed E-state index contributed by atoms with van der Waals surface area (Å²) < 4.78 is 0. The third-order valence-electron chi connectivity index (χ3n) is 3.11. The molecule has 0 bridgehead atoms. The topological polar surface area (TPSA) is 53.4 Å². The third-order valence-corrected chi connectivity index (χ3v) is 3.11. The van der Waals surface area contributed by atoms with Crippen LogP contribution in [-0.2, 0) is 6.42 Å². The Morgan fingerprint density at radius 2 is 2.00 bits per heavy atom. The van der Waals surface area contributed by atoms with Crippen molar-refractivity contribution in [1.82, 2.24) is 4.98 Å². The summed E-state index contributed by atoms with van der Waals surface area (Å²) in [6.07, 6.45) is 5.25. The number of anilines is 1. The molecule has 0 aliphatic heterocycles. The van der Waals surface area contributed by atoms with Gasteiger partial charge in [0.25, 0.3) is 0 Å². The van der Waals surface area contributed by atoms with E-state index in [2.05, 4.69) is 18.8 Å². The zero-order valence-corrected chi connectivity index (χ0v) is 12.1. The van der Waals surface area contributed by atoms with Crippen LogP contribution in [0.25, 0.3) is 0 Å². The normalized spacial score (nSPS) is 10.5. The van der Waals surface area contributed by atoms with Crippen LogP contribution in [0.1, 0.15) is 55.6 Å². The van der Waals surface area contributed by atoms with Crippen LogP contribution in [0.15, 0.2) is 12.1 Å². The van der Waals surface area contributed by atoms with Gasteiger partial charge in [-0.2, -0.15) is 0 Å². The Balaban J connectivity index is 2.88. The summed E-state index contributed by atoms with van der Waals surface area (Å²) in [4.78, 5) is 17.7. The van der Waals surface area contributed by atoms with Crippen molar-refractivity contribution in [2.75, 3.05) is 18.5 Å². The van der Waals surface area contributed by atoms with Gasteiger partial charge in [-0.25, -0.2) is 9.78 Å². The fourth-order valence-corrected chi connectivity index (χ4v) is 1.99. The van der Waals surface area contributed by atoms with Gasteiger partial charge in [-0.3, -0.25) is 0 Å². The Hall–Kier alpha value is -1.58. The molecule has 106 valence electrons. The van der Waals surface area contributed by atoms with Crippen LogP contribution in [-0.4, -0.2) is 29.7 Å². The van der Waals surface area contributed by atoms with Gasteiger partial charge in [-0.15, -0.1) is 0 Å². The molecule has 0 atom stereocenters. The first-order chi connectivity index (χ1) is 9.08. The van der Waals surface area contributed by atoms with Gasteiger partial charge < -0.3 is 10.0 Å². The van der Waals surface area contributed by atoms with Crippen LogP contribution >= 0.6 is 0 Å². The Labute approximate surface area is 115 Å². The average Bonchev–Trinajstić information content (AvgIpc) is 2.39. The zero-order valence-electron chi connectivity index (χ0n) is 12.1. The summed E-state index contributed by atoms with van der Waals surface area (Å²) in [7, 11) is 1.97. The van der Waals surface area contributed by atoms with E-state index in [1.807, 2.05) is 11.9 Å². The molecule has 1 aromatic rings. The van der Waals surface area contributed by atoms with Crippen LogP contribution in [0.5, 0.6) is 0 Å². The molecular weight excluding hydrogens is 240 g/mol. The number of aromatic nitrogens is 1. The van der Waals surface area contributed by atoms with Gasteiger partial charge >= 0.3 is 5.97 Å². The second-order valence-electron chi connectivity index (χ2n) is 4.89. The fraction of sp³-hybridized carbons (Fsp3) is 0.600. The van der Waals surface area contributed by atoms with E-state index in [4.69, 9.17) is 5.11 Å². The largest absolute Gasteiger partial charge is 0.478 e. The first-order valence-corrected chi connectivity index (χ1v) is 7.03. The lowest BCUT2D eigenvalue weighted by Gasteiger charge is -2.19. The van der Waals surface area contributed by atoms with Gasteiger partial charge in [-0.1, -0.05) is 33.1 Å². The average molecular weight is 264 g/mol. The molecule has 4 nitrogen and oxygen atoms in total. The smallest absolute Gasteiger partial charge is 0.335 e. The minimum Gasteiger partial charge on any atom is -0.478 e.